The molecular weight excluding hydrogens is 304 g/mol. The van der Waals surface area contributed by atoms with E-state index in [1.165, 1.54) is 0 Å². The molecule has 0 aliphatic heterocycles. The number of hydrogen-bond acceptors (Lipinski definition) is 4. The molecule has 0 aromatic heterocycles. The Hall–Kier alpha value is -1.26. The molecule has 4 heteroatoms. The van der Waals surface area contributed by atoms with Gasteiger partial charge in [0.2, 0.25) is 0 Å². The summed E-state index contributed by atoms with van der Waals surface area (Å²) >= 11 is 0. The van der Waals surface area contributed by atoms with E-state index in [9.17, 15) is 0 Å². The summed E-state index contributed by atoms with van der Waals surface area (Å²) in [5.74, 6) is 1.67. The molecule has 0 fully saturated rings. The summed E-state index contributed by atoms with van der Waals surface area (Å²) in [5.41, 5.74) is 1.98. The van der Waals surface area contributed by atoms with Crippen LogP contribution in [-0.2, 0) is 20.3 Å². The molecule has 0 aliphatic carbocycles. The molecule has 24 heavy (non-hydrogen) atoms. The van der Waals surface area contributed by atoms with E-state index in [1.54, 1.807) is 14.2 Å². The van der Waals surface area contributed by atoms with E-state index in [2.05, 4.69) is 53.7 Å². The zero-order chi connectivity index (χ0) is 18.7. The Kier molecular flexibility index (Phi) is 6.71. The van der Waals surface area contributed by atoms with Crippen LogP contribution in [0.4, 0.5) is 0 Å². The van der Waals surface area contributed by atoms with Gasteiger partial charge in [0.1, 0.15) is 11.5 Å². The Labute approximate surface area is 147 Å². The van der Waals surface area contributed by atoms with Crippen molar-refractivity contribution in [3.63, 3.8) is 0 Å². The summed E-state index contributed by atoms with van der Waals surface area (Å²) in [6.45, 7) is 16.7. The van der Waals surface area contributed by atoms with Gasteiger partial charge in [-0.1, -0.05) is 41.5 Å². The minimum Gasteiger partial charge on any atom is -0.465 e. The van der Waals surface area contributed by atoms with Gasteiger partial charge >= 0.3 is 0 Å². The van der Waals surface area contributed by atoms with Crippen LogP contribution in [-0.4, -0.2) is 26.8 Å². The van der Waals surface area contributed by atoms with Crippen LogP contribution in [0.15, 0.2) is 12.1 Å². The first-order valence-corrected chi connectivity index (χ1v) is 8.48. The molecule has 0 radical (unpaired) electrons. The van der Waals surface area contributed by atoms with Crippen molar-refractivity contribution in [2.24, 2.45) is 0 Å². The first-order valence-electron chi connectivity index (χ1n) is 8.48. The lowest BCUT2D eigenvalue weighted by Gasteiger charge is -2.30. The molecule has 2 atom stereocenters. The molecule has 0 N–H and O–H groups in total. The van der Waals surface area contributed by atoms with Gasteiger partial charge in [-0.15, -0.1) is 0 Å². The van der Waals surface area contributed by atoms with Crippen LogP contribution in [0.5, 0.6) is 11.5 Å². The molecule has 0 spiro atoms. The van der Waals surface area contributed by atoms with Gasteiger partial charge in [0.05, 0.1) is 0 Å². The molecule has 138 valence electrons. The third-order valence-corrected chi connectivity index (χ3v) is 3.95. The minimum absolute atomic E-state index is 0.0897. The highest BCUT2D eigenvalue weighted by Gasteiger charge is 2.28. The maximum Gasteiger partial charge on any atom is 0.196 e. The summed E-state index contributed by atoms with van der Waals surface area (Å²) < 4.78 is 22.6. The van der Waals surface area contributed by atoms with E-state index in [0.29, 0.717) is 0 Å². The highest BCUT2D eigenvalue weighted by atomic mass is 16.7. The Bertz CT molecular complexity index is 488. The van der Waals surface area contributed by atoms with Gasteiger partial charge in [-0.25, -0.2) is 0 Å². The van der Waals surface area contributed by atoms with Crippen molar-refractivity contribution in [2.75, 3.05) is 14.2 Å². The fourth-order valence-electron chi connectivity index (χ4n) is 2.38. The van der Waals surface area contributed by atoms with Crippen molar-refractivity contribution in [3.8, 4) is 11.5 Å². The van der Waals surface area contributed by atoms with Crippen LogP contribution in [0.1, 0.15) is 66.5 Å². The third kappa shape index (κ3) is 5.38. The fourth-order valence-corrected chi connectivity index (χ4v) is 2.38. The van der Waals surface area contributed by atoms with Crippen molar-refractivity contribution < 1.29 is 18.9 Å². The molecule has 4 nitrogen and oxygen atoms in total. The average Bonchev–Trinajstić information content (AvgIpc) is 2.45. The molecule has 1 aromatic rings. The fraction of sp³-hybridized carbons (Fsp3) is 0.700. The van der Waals surface area contributed by atoms with Gasteiger partial charge in [0, 0.05) is 25.3 Å². The monoisotopic (exact) mass is 338 g/mol. The van der Waals surface area contributed by atoms with Crippen LogP contribution in [0.2, 0.25) is 0 Å². The maximum atomic E-state index is 6.03. The maximum absolute atomic E-state index is 6.03. The van der Waals surface area contributed by atoms with Crippen LogP contribution >= 0.6 is 0 Å². The zero-order valence-corrected chi connectivity index (χ0v) is 16.9. The van der Waals surface area contributed by atoms with E-state index >= 15 is 0 Å². The molecule has 0 aliphatic rings. The van der Waals surface area contributed by atoms with E-state index in [4.69, 9.17) is 18.9 Å². The van der Waals surface area contributed by atoms with Gasteiger partial charge in [-0.3, -0.25) is 0 Å². The van der Waals surface area contributed by atoms with Crippen molar-refractivity contribution >= 4 is 0 Å². The predicted octanol–water partition coefficient (Wildman–Crippen LogP) is 5.02. The molecule has 0 saturated heterocycles. The molecular formula is C20H34O4. The summed E-state index contributed by atoms with van der Waals surface area (Å²) in [7, 11) is 3.29. The topological polar surface area (TPSA) is 36.9 Å². The zero-order valence-electron chi connectivity index (χ0n) is 16.9. The first kappa shape index (κ1) is 20.8. The Morgan fingerprint density at radius 3 is 1.17 bits per heavy atom. The molecule has 1 rings (SSSR count). The molecule has 0 bridgehead atoms. The summed E-state index contributed by atoms with van der Waals surface area (Å²) in [5, 5.41) is 0. The standard InChI is InChI=1S/C20H34O4/c1-13(21-9)23-17-11-16(20(6,7)8)18(24-14(2)22-10)12-15(17)19(3,4)5/h11-14H,1-10H3. The minimum atomic E-state index is -0.316. The van der Waals surface area contributed by atoms with Gasteiger partial charge in [0.15, 0.2) is 12.6 Å². The van der Waals surface area contributed by atoms with Crippen molar-refractivity contribution in [1.82, 2.24) is 0 Å². The molecule has 1 aromatic carbocycles. The first-order chi connectivity index (χ1) is 10.9. The summed E-state index contributed by atoms with van der Waals surface area (Å²) in [6.07, 6.45) is -0.632. The normalized spacial score (nSPS) is 15.1. The second kappa shape index (κ2) is 7.75. The van der Waals surface area contributed by atoms with Crippen LogP contribution in [0.25, 0.3) is 0 Å². The smallest absolute Gasteiger partial charge is 0.196 e. The Morgan fingerprint density at radius 2 is 0.958 bits per heavy atom. The second-order valence-corrected chi connectivity index (χ2v) is 8.19. The summed E-state index contributed by atoms with van der Waals surface area (Å²) in [4.78, 5) is 0. The number of hydrogen-bond donors (Lipinski definition) is 0. The van der Waals surface area contributed by atoms with E-state index in [0.717, 1.165) is 22.6 Å². The van der Waals surface area contributed by atoms with Gasteiger partial charge < -0.3 is 18.9 Å². The van der Waals surface area contributed by atoms with Crippen LogP contribution in [0.3, 0.4) is 0 Å². The highest BCUT2D eigenvalue weighted by molar-refractivity contribution is 5.51. The lowest BCUT2D eigenvalue weighted by atomic mass is 9.81. The number of ether oxygens (including phenoxy) is 4. The molecule has 0 heterocycles. The molecule has 2 unspecified atom stereocenters. The quantitative estimate of drug-likeness (QED) is 0.682. The van der Waals surface area contributed by atoms with Crippen molar-refractivity contribution in [3.05, 3.63) is 23.3 Å². The van der Waals surface area contributed by atoms with E-state index < -0.39 is 0 Å². The molecule has 0 saturated carbocycles. The van der Waals surface area contributed by atoms with Crippen LogP contribution < -0.4 is 9.47 Å². The lowest BCUT2D eigenvalue weighted by Crippen LogP contribution is -2.23. The van der Waals surface area contributed by atoms with E-state index in [-0.39, 0.29) is 23.4 Å². The summed E-state index contributed by atoms with van der Waals surface area (Å²) in [6, 6.07) is 4.15. The largest absolute Gasteiger partial charge is 0.465 e. The SMILES string of the molecule is COC(C)Oc1cc(C(C)(C)C)c(OC(C)OC)cc1C(C)(C)C. The molecule has 0 amide bonds. The van der Waals surface area contributed by atoms with Gasteiger partial charge in [-0.05, 0) is 36.8 Å². The third-order valence-electron chi connectivity index (χ3n) is 3.95. The average molecular weight is 338 g/mol. The number of rotatable bonds is 6. The van der Waals surface area contributed by atoms with E-state index in [1.807, 2.05) is 13.8 Å². The van der Waals surface area contributed by atoms with Crippen molar-refractivity contribution in [1.29, 1.82) is 0 Å². The second-order valence-electron chi connectivity index (χ2n) is 8.19. The highest BCUT2D eigenvalue weighted by Crippen LogP contribution is 2.42. The number of benzene rings is 1. The number of methoxy groups -OCH3 is 2. The Balaban J connectivity index is 3.53. The Morgan fingerprint density at radius 1 is 0.667 bits per heavy atom. The van der Waals surface area contributed by atoms with Crippen LogP contribution in [0, 0.1) is 0 Å². The lowest BCUT2D eigenvalue weighted by molar-refractivity contribution is -0.0422. The van der Waals surface area contributed by atoms with Gasteiger partial charge in [0.25, 0.3) is 0 Å². The van der Waals surface area contributed by atoms with Crippen molar-refractivity contribution in [2.45, 2.75) is 78.8 Å². The predicted molar refractivity (Wildman–Crippen MR) is 98.0 cm³/mol. The van der Waals surface area contributed by atoms with Gasteiger partial charge in [-0.2, -0.15) is 0 Å².